The Morgan fingerprint density at radius 3 is 1.94 bits per heavy atom. The number of aromatic nitrogens is 3. The van der Waals surface area contributed by atoms with Gasteiger partial charge < -0.3 is 4.90 Å². The Labute approximate surface area is 397 Å². The average Bonchev–Trinajstić information content (AvgIpc) is 4.03. The molecule has 0 amide bonds. The van der Waals surface area contributed by atoms with Gasteiger partial charge in [-0.1, -0.05) is 184 Å². The maximum Gasteiger partial charge on any atom is 0.235 e. The molecule has 0 unspecified atom stereocenters. The quantitative estimate of drug-likeness (QED) is 0.167. The van der Waals surface area contributed by atoms with Crippen LogP contribution >= 0.6 is 11.3 Å². The standard InChI is InChI=1S/C63H42N4S/c1-63(2)50-28-12-8-24-46(50)58-51(63)29-17-32-54(58)66(42-36-34-40(35-37-42)39-18-4-3-5-19-39)43-21-16-20-41(38-43)59-47-25-9-13-30-52(47)64-62(65-59)67-53-31-14-10-26-48(53)56-44-22-6-7-23-45(44)57-49-27-11-15-33-55(49)68-61(57)60(56)67/h3-38H,1-2H3. The number of nitrogens with zero attached hydrogens (tertiary/aromatic N) is 4. The third-order valence-electron chi connectivity index (χ3n) is 14.4. The molecular weight excluding hydrogens is 845 g/mol. The van der Waals surface area contributed by atoms with Crippen LogP contribution in [0.2, 0.25) is 0 Å². The molecule has 3 aromatic heterocycles. The number of hydrogen-bond acceptors (Lipinski definition) is 4. The van der Waals surface area contributed by atoms with E-state index in [0.29, 0.717) is 5.95 Å². The van der Waals surface area contributed by atoms with E-state index in [1.165, 1.54) is 75.1 Å². The fourth-order valence-corrected chi connectivity index (χ4v) is 12.6. The molecule has 0 saturated heterocycles. The van der Waals surface area contributed by atoms with Crippen LogP contribution in [0.1, 0.15) is 25.0 Å². The van der Waals surface area contributed by atoms with Crippen LogP contribution in [0.25, 0.3) is 103 Å². The SMILES string of the molecule is CC1(C)c2ccccc2-c2c(N(c3ccc(-c4ccccc4)cc3)c3cccc(-c4nc(-n5c6ccccc6c6c7ccccc7c7c8ccccc8sc7c65)nc5ccccc45)c3)cccc21. The molecule has 1 aliphatic carbocycles. The van der Waals surface area contributed by atoms with Crippen molar-refractivity contribution in [3.8, 4) is 39.5 Å². The van der Waals surface area contributed by atoms with Crippen molar-refractivity contribution >= 4 is 92.1 Å². The average molecular weight is 887 g/mol. The van der Waals surface area contributed by atoms with Crippen molar-refractivity contribution in [2.24, 2.45) is 0 Å². The molecule has 10 aromatic carbocycles. The Kier molecular flexibility index (Phi) is 8.46. The van der Waals surface area contributed by atoms with Crippen LogP contribution in [0.15, 0.2) is 218 Å². The zero-order valence-electron chi connectivity index (χ0n) is 37.5. The molecule has 0 N–H and O–H groups in total. The van der Waals surface area contributed by atoms with Gasteiger partial charge in [0.1, 0.15) is 0 Å². The highest BCUT2D eigenvalue weighted by atomic mass is 32.1. The predicted molar refractivity (Wildman–Crippen MR) is 287 cm³/mol. The molecular formula is C63H42N4S. The number of thiophene rings is 1. The lowest BCUT2D eigenvalue weighted by molar-refractivity contribution is 0.660. The summed E-state index contributed by atoms with van der Waals surface area (Å²) in [5, 5.41) is 8.47. The number of rotatable bonds is 6. The second kappa shape index (κ2) is 14.8. The van der Waals surface area contributed by atoms with Crippen LogP contribution in [-0.4, -0.2) is 14.5 Å². The van der Waals surface area contributed by atoms with E-state index in [1.807, 2.05) is 11.3 Å². The minimum absolute atomic E-state index is 0.149. The van der Waals surface area contributed by atoms with Gasteiger partial charge in [-0.2, -0.15) is 0 Å². The van der Waals surface area contributed by atoms with E-state index in [1.54, 1.807) is 0 Å². The third-order valence-corrected chi connectivity index (χ3v) is 15.6. The molecule has 0 aliphatic heterocycles. The van der Waals surface area contributed by atoms with E-state index < -0.39 is 0 Å². The van der Waals surface area contributed by atoms with E-state index in [9.17, 15) is 0 Å². The van der Waals surface area contributed by atoms with E-state index in [0.717, 1.165) is 50.3 Å². The Bertz CT molecular complexity index is 4180. The van der Waals surface area contributed by atoms with E-state index in [4.69, 9.17) is 9.97 Å². The van der Waals surface area contributed by atoms with Gasteiger partial charge in [-0.15, -0.1) is 11.3 Å². The molecule has 0 fully saturated rings. The molecule has 0 radical (unpaired) electrons. The normalized spacial score (nSPS) is 13.0. The number of anilines is 3. The second-order valence-corrected chi connectivity index (χ2v) is 19.5. The highest BCUT2D eigenvalue weighted by molar-refractivity contribution is 7.27. The minimum Gasteiger partial charge on any atom is -0.310 e. The Morgan fingerprint density at radius 1 is 0.471 bits per heavy atom. The summed E-state index contributed by atoms with van der Waals surface area (Å²) in [7, 11) is 0. The van der Waals surface area contributed by atoms with Crippen molar-refractivity contribution in [2.45, 2.75) is 19.3 Å². The number of para-hydroxylation sites is 2. The van der Waals surface area contributed by atoms with Gasteiger partial charge in [-0.3, -0.25) is 4.57 Å². The Hall–Kier alpha value is -8.38. The van der Waals surface area contributed by atoms with Crippen LogP contribution < -0.4 is 4.90 Å². The zero-order valence-corrected chi connectivity index (χ0v) is 38.3. The maximum atomic E-state index is 5.69. The van der Waals surface area contributed by atoms with E-state index in [-0.39, 0.29) is 5.41 Å². The molecule has 3 heterocycles. The molecule has 0 bridgehead atoms. The van der Waals surface area contributed by atoms with Crippen molar-refractivity contribution in [2.75, 3.05) is 4.90 Å². The molecule has 0 saturated carbocycles. The van der Waals surface area contributed by atoms with Crippen LogP contribution in [0.4, 0.5) is 17.1 Å². The largest absolute Gasteiger partial charge is 0.310 e. The molecule has 13 aromatic rings. The summed E-state index contributed by atoms with van der Waals surface area (Å²) in [6.45, 7) is 4.70. The molecule has 1 aliphatic rings. The van der Waals surface area contributed by atoms with Gasteiger partial charge in [-0.25, -0.2) is 9.97 Å². The number of benzene rings is 10. The summed E-state index contributed by atoms with van der Waals surface area (Å²) in [6, 6.07) is 79.2. The maximum absolute atomic E-state index is 5.69. The van der Waals surface area contributed by atoms with E-state index >= 15 is 0 Å². The highest BCUT2D eigenvalue weighted by Crippen LogP contribution is 2.55. The fourth-order valence-electron chi connectivity index (χ4n) is 11.3. The van der Waals surface area contributed by atoms with Crippen molar-refractivity contribution in [3.63, 3.8) is 0 Å². The van der Waals surface area contributed by atoms with Crippen molar-refractivity contribution in [1.29, 1.82) is 0 Å². The van der Waals surface area contributed by atoms with Gasteiger partial charge in [0, 0.05) is 59.5 Å². The van der Waals surface area contributed by atoms with Crippen molar-refractivity contribution in [1.82, 2.24) is 14.5 Å². The predicted octanol–water partition coefficient (Wildman–Crippen LogP) is 17.4. The molecule has 5 heteroatoms. The first kappa shape index (κ1) is 38.8. The van der Waals surface area contributed by atoms with Gasteiger partial charge in [0.25, 0.3) is 0 Å². The summed E-state index contributed by atoms with van der Waals surface area (Å²) in [5.74, 6) is 0.650. The van der Waals surface area contributed by atoms with Gasteiger partial charge >= 0.3 is 0 Å². The third kappa shape index (κ3) is 5.66. The highest BCUT2D eigenvalue weighted by Gasteiger charge is 2.38. The molecule has 0 atom stereocenters. The lowest BCUT2D eigenvalue weighted by atomic mass is 9.82. The molecule has 4 nitrogen and oxygen atoms in total. The van der Waals surface area contributed by atoms with E-state index in [2.05, 4.69) is 242 Å². The summed E-state index contributed by atoms with van der Waals surface area (Å²) >= 11 is 1.86. The monoisotopic (exact) mass is 886 g/mol. The summed E-state index contributed by atoms with van der Waals surface area (Å²) in [6.07, 6.45) is 0. The zero-order chi connectivity index (χ0) is 45.1. The minimum atomic E-state index is -0.149. The number of hydrogen-bond donors (Lipinski definition) is 0. The number of fused-ring (bicyclic) bond motifs is 14. The van der Waals surface area contributed by atoms with Crippen LogP contribution in [0, 0.1) is 0 Å². The summed E-state index contributed by atoms with van der Waals surface area (Å²) < 4.78 is 4.84. The molecule has 68 heavy (non-hydrogen) atoms. The van der Waals surface area contributed by atoms with Gasteiger partial charge in [-0.05, 0) is 87.1 Å². The molecule has 14 rings (SSSR count). The first-order valence-electron chi connectivity index (χ1n) is 23.3. The molecule has 0 spiro atoms. The van der Waals surface area contributed by atoms with Gasteiger partial charge in [0.2, 0.25) is 5.95 Å². The van der Waals surface area contributed by atoms with Crippen LogP contribution in [0.3, 0.4) is 0 Å². The van der Waals surface area contributed by atoms with Crippen molar-refractivity contribution in [3.05, 3.63) is 230 Å². The smallest absolute Gasteiger partial charge is 0.235 e. The second-order valence-electron chi connectivity index (χ2n) is 18.5. The topological polar surface area (TPSA) is 34.0 Å². The first-order chi connectivity index (χ1) is 33.5. The molecule has 320 valence electrons. The Morgan fingerprint density at radius 2 is 1.10 bits per heavy atom. The fraction of sp³-hybridized carbons (Fsp3) is 0.0476. The summed E-state index contributed by atoms with van der Waals surface area (Å²) in [5.41, 5.74) is 15.7. The van der Waals surface area contributed by atoms with Crippen LogP contribution in [-0.2, 0) is 5.41 Å². The lowest BCUT2D eigenvalue weighted by Gasteiger charge is -2.29. The van der Waals surface area contributed by atoms with Gasteiger partial charge in [0.15, 0.2) is 0 Å². The first-order valence-corrected chi connectivity index (χ1v) is 24.1. The van der Waals surface area contributed by atoms with Crippen LogP contribution in [0.5, 0.6) is 0 Å². The Balaban J connectivity index is 1.02. The van der Waals surface area contributed by atoms with Gasteiger partial charge in [0.05, 0.1) is 32.6 Å². The summed E-state index contributed by atoms with van der Waals surface area (Å²) in [4.78, 5) is 13.6. The lowest BCUT2D eigenvalue weighted by Crippen LogP contribution is -2.16. The van der Waals surface area contributed by atoms with Crippen molar-refractivity contribution < 1.29 is 0 Å².